The van der Waals surface area contributed by atoms with Gasteiger partial charge < -0.3 is 10.7 Å². The van der Waals surface area contributed by atoms with Gasteiger partial charge in [-0.15, -0.1) is 0 Å². The second-order valence-corrected chi connectivity index (χ2v) is 6.03. The lowest BCUT2D eigenvalue weighted by Gasteiger charge is -2.27. The predicted octanol–water partition coefficient (Wildman–Crippen LogP) is 0.705. The zero-order valence-electron chi connectivity index (χ0n) is 14.1. The van der Waals surface area contributed by atoms with Crippen molar-refractivity contribution in [1.82, 2.24) is 24.6 Å². The lowest BCUT2D eigenvalue weighted by atomic mass is 10.0. The molecule has 0 aliphatic rings. The molecule has 1 aromatic carbocycles. The molecule has 0 bridgehead atoms. The molecule has 25 heavy (non-hydrogen) atoms. The van der Waals surface area contributed by atoms with Crippen molar-refractivity contribution in [2.45, 2.75) is 19.0 Å². The van der Waals surface area contributed by atoms with Crippen molar-refractivity contribution in [2.24, 2.45) is 12.8 Å². The number of H-pyrrole nitrogens is 1. The molecule has 3 N–H and O–H groups in total. The van der Waals surface area contributed by atoms with Crippen LogP contribution in [0.25, 0.3) is 11.0 Å². The molecule has 3 aromatic rings. The number of fused-ring (bicyclic) bond motifs is 1. The number of carbonyl (C=O) groups excluding carboxylic acids is 1. The Morgan fingerprint density at radius 3 is 2.76 bits per heavy atom. The van der Waals surface area contributed by atoms with Crippen molar-refractivity contribution in [2.75, 3.05) is 7.05 Å². The van der Waals surface area contributed by atoms with Crippen LogP contribution in [-0.4, -0.2) is 37.6 Å². The topological polar surface area (TPSA) is 110 Å². The molecule has 8 heteroatoms. The number of aromatic nitrogens is 4. The molecule has 0 fully saturated rings. The van der Waals surface area contributed by atoms with Gasteiger partial charge >= 0.3 is 0 Å². The number of aryl methyl sites for hydroxylation is 1. The van der Waals surface area contributed by atoms with Gasteiger partial charge in [0.2, 0.25) is 5.91 Å². The van der Waals surface area contributed by atoms with Gasteiger partial charge in [0.15, 0.2) is 5.65 Å². The molecule has 3 rings (SSSR count). The SMILES string of the molecule is CN(Cc1nc2c(cnn2C)c(=O)[nH]1)C(CC(N)=O)c1ccccc1. The van der Waals surface area contributed by atoms with Gasteiger partial charge in [0.1, 0.15) is 11.2 Å². The fourth-order valence-electron chi connectivity index (χ4n) is 2.89. The summed E-state index contributed by atoms with van der Waals surface area (Å²) < 4.78 is 1.56. The van der Waals surface area contributed by atoms with E-state index in [-0.39, 0.29) is 23.9 Å². The first-order chi connectivity index (χ1) is 12.0. The van der Waals surface area contributed by atoms with Gasteiger partial charge in [0, 0.05) is 19.5 Å². The Hall–Kier alpha value is -3.00. The highest BCUT2D eigenvalue weighted by Gasteiger charge is 2.20. The summed E-state index contributed by atoms with van der Waals surface area (Å²) in [5.41, 5.74) is 6.69. The third-order valence-corrected chi connectivity index (χ3v) is 4.16. The van der Waals surface area contributed by atoms with Gasteiger partial charge in [0.05, 0.1) is 12.7 Å². The fourth-order valence-corrected chi connectivity index (χ4v) is 2.89. The highest BCUT2D eigenvalue weighted by Crippen LogP contribution is 2.23. The minimum Gasteiger partial charge on any atom is -0.370 e. The lowest BCUT2D eigenvalue weighted by molar-refractivity contribution is -0.119. The van der Waals surface area contributed by atoms with E-state index < -0.39 is 0 Å². The first kappa shape index (κ1) is 16.8. The highest BCUT2D eigenvalue weighted by atomic mass is 16.1. The molecule has 0 spiro atoms. The molecule has 0 saturated carbocycles. The molecular weight excluding hydrogens is 320 g/mol. The van der Waals surface area contributed by atoms with E-state index in [1.54, 1.807) is 11.7 Å². The van der Waals surface area contributed by atoms with Crippen LogP contribution in [0.15, 0.2) is 41.3 Å². The average molecular weight is 340 g/mol. The van der Waals surface area contributed by atoms with Crippen LogP contribution in [0, 0.1) is 0 Å². The van der Waals surface area contributed by atoms with E-state index in [0.717, 1.165) is 5.56 Å². The maximum atomic E-state index is 12.2. The largest absolute Gasteiger partial charge is 0.370 e. The van der Waals surface area contributed by atoms with Crippen LogP contribution in [0.3, 0.4) is 0 Å². The Bertz CT molecular complexity index is 947. The van der Waals surface area contributed by atoms with E-state index in [4.69, 9.17) is 5.73 Å². The minimum atomic E-state index is -0.385. The molecule has 0 saturated heterocycles. The van der Waals surface area contributed by atoms with Gasteiger partial charge in [-0.1, -0.05) is 30.3 Å². The molecule has 0 radical (unpaired) electrons. The second-order valence-electron chi connectivity index (χ2n) is 6.03. The van der Waals surface area contributed by atoms with Gasteiger partial charge in [-0.2, -0.15) is 5.10 Å². The number of nitrogens with one attached hydrogen (secondary N) is 1. The van der Waals surface area contributed by atoms with Gasteiger partial charge in [-0.3, -0.25) is 19.2 Å². The summed E-state index contributed by atoms with van der Waals surface area (Å²) in [6.45, 7) is 0.364. The highest BCUT2D eigenvalue weighted by molar-refractivity contribution is 5.74. The summed E-state index contributed by atoms with van der Waals surface area (Å²) in [6.07, 6.45) is 1.67. The van der Waals surface area contributed by atoms with E-state index in [1.807, 2.05) is 42.3 Å². The molecule has 1 amide bonds. The van der Waals surface area contributed by atoms with Crippen LogP contribution in [0.5, 0.6) is 0 Å². The van der Waals surface area contributed by atoms with Crippen molar-refractivity contribution in [3.8, 4) is 0 Å². The number of aromatic amines is 1. The summed E-state index contributed by atoms with van der Waals surface area (Å²) in [4.78, 5) is 32.9. The standard InChI is InChI=1S/C17H20N6O2/c1-22(13(8-14(18)24)11-6-4-3-5-7-11)10-15-20-16-12(17(25)21-15)9-19-23(16)2/h3-7,9,13H,8,10H2,1-2H3,(H2,18,24)(H,20,21,25). The Morgan fingerprint density at radius 1 is 1.36 bits per heavy atom. The normalized spacial score (nSPS) is 12.6. The molecular formula is C17H20N6O2. The van der Waals surface area contributed by atoms with Gasteiger partial charge in [0.25, 0.3) is 5.56 Å². The summed E-state index contributed by atoms with van der Waals surface area (Å²) in [7, 11) is 3.61. The second kappa shape index (κ2) is 6.86. The van der Waals surface area contributed by atoms with E-state index >= 15 is 0 Å². The Labute approximate surface area is 144 Å². The maximum absolute atomic E-state index is 12.2. The molecule has 1 unspecified atom stereocenters. The number of rotatable bonds is 6. The molecule has 0 aliphatic carbocycles. The van der Waals surface area contributed by atoms with Crippen LogP contribution in [0.1, 0.15) is 23.9 Å². The first-order valence-electron chi connectivity index (χ1n) is 7.90. The third-order valence-electron chi connectivity index (χ3n) is 4.16. The zero-order chi connectivity index (χ0) is 18.0. The average Bonchev–Trinajstić information content (AvgIpc) is 2.95. The van der Waals surface area contributed by atoms with Crippen molar-refractivity contribution in [1.29, 1.82) is 0 Å². The number of primary amides is 1. The number of hydrogen-bond acceptors (Lipinski definition) is 5. The molecule has 1 atom stereocenters. The van der Waals surface area contributed by atoms with E-state index in [9.17, 15) is 9.59 Å². The van der Waals surface area contributed by atoms with E-state index in [0.29, 0.717) is 23.4 Å². The van der Waals surface area contributed by atoms with Crippen molar-refractivity contribution >= 4 is 16.9 Å². The Kier molecular flexibility index (Phi) is 4.62. The predicted molar refractivity (Wildman–Crippen MR) is 93.6 cm³/mol. The minimum absolute atomic E-state index is 0.179. The molecule has 0 aliphatic heterocycles. The molecule has 2 aromatic heterocycles. The summed E-state index contributed by atoms with van der Waals surface area (Å²) in [6, 6.07) is 9.44. The molecule has 130 valence electrons. The van der Waals surface area contributed by atoms with Crippen molar-refractivity contribution in [3.63, 3.8) is 0 Å². The number of hydrogen-bond donors (Lipinski definition) is 2. The summed E-state index contributed by atoms with van der Waals surface area (Å²) in [5, 5.41) is 4.51. The van der Waals surface area contributed by atoms with Gasteiger partial charge in [-0.25, -0.2) is 4.98 Å². The van der Waals surface area contributed by atoms with E-state index in [2.05, 4.69) is 15.1 Å². The van der Waals surface area contributed by atoms with Gasteiger partial charge in [-0.05, 0) is 12.6 Å². The van der Waals surface area contributed by atoms with Crippen molar-refractivity contribution in [3.05, 3.63) is 58.3 Å². The molecule has 2 heterocycles. The Morgan fingerprint density at radius 2 is 2.08 bits per heavy atom. The Balaban J connectivity index is 1.90. The molecule has 8 nitrogen and oxygen atoms in total. The summed E-state index contributed by atoms with van der Waals surface area (Å²) >= 11 is 0. The summed E-state index contributed by atoms with van der Waals surface area (Å²) in [5.74, 6) is 0.123. The number of carbonyl (C=O) groups is 1. The van der Waals surface area contributed by atoms with Crippen molar-refractivity contribution < 1.29 is 4.79 Å². The number of benzene rings is 1. The van der Waals surface area contributed by atoms with E-state index in [1.165, 1.54) is 6.20 Å². The monoisotopic (exact) mass is 340 g/mol. The van der Waals surface area contributed by atoms with Crippen LogP contribution in [-0.2, 0) is 18.4 Å². The number of nitrogens with two attached hydrogens (primary N) is 1. The van der Waals surface area contributed by atoms with Crippen LogP contribution in [0.2, 0.25) is 0 Å². The third kappa shape index (κ3) is 3.58. The van der Waals surface area contributed by atoms with Crippen LogP contribution in [0.4, 0.5) is 0 Å². The maximum Gasteiger partial charge on any atom is 0.262 e. The fraction of sp³-hybridized carbons (Fsp3) is 0.294. The van der Waals surface area contributed by atoms with Crippen LogP contribution < -0.4 is 11.3 Å². The number of amides is 1. The lowest BCUT2D eigenvalue weighted by Crippen LogP contribution is -2.30. The number of nitrogens with zero attached hydrogens (tertiary/aromatic N) is 4. The zero-order valence-corrected chi connectivity index (χ0v) is 14.1. The smallest absolute Gasteiger partial charge is 0.262 e. The first-order valence-corrected chi connectivity index (χ1v) is 7.90. The van der Waals surface area contributed by atoms with Crippen LogP contribution >= 0.6 is 0 Å². The quantitative estimate of drug-likeness (QED) is 0.686.